The van der Waals surface area contributed by atoms with E-state index < -0.39 is 0 Å². The molecule has 0 radical (unpaired) electrons. The van der Waals surface area contributed by atoms with Crippen molar-refractivity contribution in [3.05, 3.63) is 82.9 Å². The van der Waals surface area contributed by atoms with Crippen molar-refractivity contribution in [2.75, 3.05) is 7.05 Å². The van der Waals surface area contributed by atoms with E-state index in [4.69, 9.17) is 0 Å². The molecule has 0 aliphatic heterocycles. The second-order valence-corrected chi connectivity index (χ2v) is 8.29. The van der Waals surface area contributed by atoms with Gasteiger partial charge in [0.05, 0.1) is 11.4 Å². The molecule has 0 amide bonds. The Balaban J connectivity index is 2.41. The van der Waals surface area contributed by atoms with Crippen molar-refractivity contribution in [3.8, 4) is 0 Å². The minimum Gasteiger partial charge on any atom is -0.370 e. The highest BCUT2D eigenvalue weighted by molar-refractivity contribution is 5.93. The molecule has 0 bridgehead atoms. The Morgan fingerprint density at radius 1 is 1.00 bits per heavy atom. The van der Waals surface area contributed by atoms with Crippen molar-refractivity contribution in [3.63, 3.8) is 0 Å². The summed E-state index contributed by atoms with van der Waals surface area (Å²) in [5, 5.41) is 0. The Hall–Kier alpha value is -2.61. The molecule has 2 aromatic carbocycles. The molecule has 2 aromatic rings. The Morgan fingerprint density at radius 2 is 1.61 bits per heavy atom. The van der Waals surface area contributed by atoms with Crippen LogP contribution < -0.4 is 0 Å². The van der Waals surface area contributed by atoms with Crippen molar-refractivity contribution in [2.24, 2.45) is 10.9 Å². The number of hydrogen-bond donors (Lipinski definition) is 0. The molecule has 1 aliphatic rings. The van der Waals surface area contributed by atoms with Gasteiger partial charge in [0, 0.05) is 30.1 Å². The first-order chi connectivity index (χ1) is 13.4. The Labute approximate surface area is 170 Å². The van der Waals surface area contributed by atoms with Crippen molar-refractivity contribution >= 4 is 18.1 Å². The van der Waals surface area contributed by atoms with Crippen LogP contribution in [0.15, 0.2) is 65.7 Å². The van der Waals surface area contributed by atoms with Gasteiger partial charge in [0.25, 0.3) is 0 Å². The van der Waals surface area contributed by atoms with Gasteiger partial charge in [0.15, 0.2) is 0 Å². The van der Waals surface area contributed by atoms with E-state index in [0.29, 0.717) is 12.0 Å². The second kappa shape index (κ2) is 8.18. The zero-order chi connectivity index (χ0) is 20.4. The quantitative estimate of drug-likeness (QED) is 0.438. The zero-order valence-electron chi connectivity index (χ0n) is 17.9. The smallest absolute Gasteiger partial charge is 0.0937 e. The fourth-order valence-corrected chi connectivity index (χ4v) is 4.04. The third-order valence-electron chi connectivity index (χ3n) is 5.99. The lowest BCUT2D eigenvalue weighted by atomic mass is 9.76. The predicted octanol–water partition coefficient (Wildman–Crippen LogP) is 6.41. The third kappa shape index (κ3) is 3.56. The molecule has 0 saturated heterocycles. The summed E-state index contributed by atoms with van der Waals surface area (Å²) >= 11 is 0. The molecule has 2 heteroatoms. The fourth-order valence-electron chi connectivity index (χ4n) is 4.04. The molecule has 28 heavy (non-hydrogen) atoms. The Kier molecular flexibility index (Phi) is 5.88. The minimum atomic E-state index is 0.277. The lowest BCUT2D eigenvalue weighted by molar-refractivity contribution is 0.396. The van der Waals surface area contributed by atoms with Gasteiger partial charge in [-0.1, -0.05) is 74.5 Å². The topological polar surface area (TPSA) is 15.6 Å². The van der Waals surface area contributed by atoms with Crippen LogP contribution in [0.2, 0.25) is 0 Å². The third-order valence-corrected chi connectivity index (χ3v) is 5.99. The SMILES string of the molecule is C=N/C1=C(\N(C)C(C)C)c2ccccc2C(C(=C)C(C)C)Cc2ccccc21. The molecule has 2 nitrogen and oxygen atoms in total. The van der Waals surface area contributed by atoms with E-state index in [9.17, 15) is 0 Å². The lowest BCUT2D eigenvalue weighted by Crippen LogP contribution is -2.27. The number of hydrogen-bond acceptors (Lipinski definition) is 2. The van der Waals surface area contributed by atoms with Crippen LogP contribution >= 0.6 is 0 Å². The summed E-state index contributed by atoms with van der Waals surface area (Å²) in [6.45, 7) is 17.4. The highest BCUT2D eigenvalue weighted by Crippen LogP contribution is 2.43. The monoisotopic (exact) mass is 372 g/mol. The van der Waals surface area contributed by atoms with Gasteiger partial charge in [-0.25, -0.2) is 0 Å². The van der Waals surface area contributed by atoms with Gasteiger partial charge < -0.3 is 4.90 Å². The largest absolute Gasteiger partial charge is 0.370 e. The summed E-state index contributed by atoms with van der Waals surface area (Å²) in [6, 6.07) is 17.7. The van der Waals surface area contributed by atoms with Gasteiger partial charge in [0.2, 0.25) is 0 Å². The molecule has 0 aromatic heterocycles. The van der Waals surface area contributed by atoms with E-state index in [2.05, 4.69) is 106 Å². The highest BCUT2D eigenvalue weighted by atomic mass is 15.1. The molecular formula is C26H32N2. The molecule has 146 valence electrons. The van der Waals surface area contributed by atoms with Gasteiger partial charge in [-0.15, -0.1) is 0 Å². The number of aliphatic imine (C=N–C) groups is 1. The van der Waals surface area contributed by atoms with Crippen LogP contribution in [0.25, 0.3) is 11.4 Å². The Morgan fingerprint density at radius 3 is 2.21 bits per heavy atom. The average Bonchev–Trinajstić information content (AvgIpc) is 2.68. The maximum atomic E-state index is 4.54. The lowest BCUT2D eigenvalue weighted by Gasteiger charge is -2.34. The minimum absolute atomic E-state index is 0.277. The maximum Gasteiger partial charge on any atom is 0.0937 e. The molecule has 1 unspecified atom stereocenters. The molecular weight excluding hydrogens is 340 g/mol. The van der Waals surface area contributed by atoms with Crippen LogP contribution in [-0.2, 0) is 6.42 Å². The van der Waals surface area contributed by atoms with Crippen LogP contribution in [-0.4, -0.2) is 24.7 Å². The van der Waals surface area contributed by atoms with Crippen molar-refractivity contribution in [1.29, 1.82) is 0 Å². The van der Waals surface area contributed by atoms with E-state index >= 15 is 0 Å². The van der Waals surface area contributed by atoms with E-state index in [0.717, 1.165) is 17.8 Å². The molecule has 1 aliphatic carbocycles. The van der Waals surface area contributed by atoms with E-state index in [1.54, 1.807) is 0 Å². The normalized spacial score (nSPS) is 18.9. The molecule has 0 spiro atoms. The summed E-state index contributed by atoms with van der Waals surface area (Å²) in [7, 11) is 2.15. The molecule has 0 fully saturated rings. The predicted molar refractivity (Wildman–Crippen MR) is 123 cm³/mol. The van der Waals surface area contributed by atoms with Crippen LogP contribution in [0, 0.1) is 5.92 Å². The fraction of sp³-hybridized carbons (Fsp3) is 0.346. The molecule has 0 saturated carbocycles. The van der Waals surface area contributed by atoms with Gasteiger partial charge in [-0.05, 0) is 44.0 Å². The summed E-state index contributed by atoms with van der Waals surface area (Å²) in [6.07, 6.45) is 0.932. The molecule has 3 rings (SSSR count). The van der Waals surface area contributed by atoms with E-state index in [1.807, 2.05) is 0 Å². The highest BCUT2D eigenvalue weighted by Gasteiger charge is 2.29. The van der Waals surface area contributed by atoms with E-state index in [1.165, 1.54) is 27.8 Å². The number of benzene rings is 2. The molecule has 0 heterocycles. The Bertz CT molecular complexity index is 918. The summed E-state index contributed by atoms with van der Waals surface area (Å²) < 4.78 is 0. The maximum absolute atomic E-state index is 4.54. The number of fused-ring (bicyclic) bond motifs is 2. The second-order valence-electron chi connectivity index (χ2n) is 8.29. The average molecular weight is 373 g/mol. The van der Waals surface area contributed by atoms with Crippen LogP contribution in [0.5, 0.6) is 0 Å². The molecule has 0 N–H and O–H groups in total. The van der Waals surface area contributed by atoms with Gasteiger partial charge >= 0.3 is 0 Å². The van der Waals surface area contributed by atoms with Crippen LogP contribution in [0.4, 0.5) is 0 Å². The first-order valence-corrected chi connectivity index (χ1v) is 10.2. The number of rotatable bonds is 5. The van der Waals surface area contributed by atoms with Gasteiger partial charge in [0.1, 0.15) is 0 Å². The number of allylic oxidation sites excluding steroid dienone is 1. The summed E-state index contributed by atoms with van der Waals surface area (Å²) in [5.74, 6) is 0.705. The van der Waals surface area contributed by atoms with Gasteiger partial charge in [-0.2, -0.15) is 0 Å². The van der Waals surface area contributed by atoms with Crippen molar-refractivity contribution < 1.29 is 0 Å². The zero-order valence-corrected chi connectivity index (χ0v) is 17.9. The summed E-state index contributed by atoms with van der Waals surface area (Å²) in [4.78, 5) is 6.86. The van der Waals surface area contributed by atoms with Gasteiger partial charge in [-0.3, -0.25) is 4.99 Å². The first-order valence-electron chi connectivity index (χ1n) is 10.2. The van der Waals surface area contributed by atoms with E-state index in [-0.39, 0.29) is 5.92 Å². The summed E-state index contributed by atoms with van der Waals surface area (Å²) in [5.41, 5.74) is 8.45. The number of nitrogens with zero attached hydrogens (tertiary/aromatic N) is 2. The van der Waals surface area contributed by atoms with Crippen LogP contribution in [0.1, 0.15) is 55.9 Å². The van der Waals surface area contributed by atoms with Crippen molar-refractivity contribution in [2.45, 2.75) is 46.1 Å². The molecule has 1 atom stereocenters. The van der Waals surface area contributed by atoms with Crippen LogP contribution in [0.3, 0.4) is 0 Å². The van der Waals surface area contributed by atoms with Crippen molar-refractivity contribution in [1.82, 2.24) is 4.90 Å². The first kappa shape index (κ1) is 20.1. The standard InChI is InChI=1S/C26H32N2/c1-17(2)19(5)24-16-20-12-8-9-13-21(20)25(27-6)26(28(7)18(3)4)23-15-11-10-14-22(23)24/h8-15,17-18,24H,5-6,16H2,1-4,7H3/b26-25-.